The predicted molar refractivity (Wildman–Crippen MR) is 126 cm³/mol. The second kappa shape index (κ2) is 8.08. The van der Waals surface area contributed by atoms with E-state index < -0.39 is 21.7 Å². The summed E-state index contributed by atoms with van der Waals surface area (Å²) >= 11 is 1.40. The molecule has 1 aliphatic heterocycles. The number of thiazole rings is 1. The zero-order valence-electron chi connectivity index (χ0n) is 18.1. The van der Waals surface area contributed by atoms with Crippen molar-refractivity contribution in [1.82, 2.24) is 13.9 Å². The van der Waals surface area contributed by atoms with Gasteiger partial charge in [0.25, 0.3) is 0 Å². The first kappa shape index (κ1) is 21.8. The van der Waals surface area contributed by atoms with Gasteiger partial charge in [0.1, 0.15) is 0 Å². The highest BCUT2D eigenvalue weighted by molar-refractivity contribution is 7.89. The first-order valence-corrected chi connectivity index (χ1v) is 12.8. The third kappa shape index (κ3) is 3.96. The molecule has 2 aromatic carbocycles. The van der Waals surface area contributed by atoms with Gasteiger partial charge in [0.05, 0.1) is 26.5 Å². The molecule has 0 radical (unpaired) electrons. The van der Waals surface area contributed by atoms with E-state index in [9.17, 15) is 18.0 Å². The first-order chi connectivity index (χ1) is 15.7. The van der Waals surface area contributed by atoms with Crippen molar-refractivity contribution in [1.29, 1.82) is 0 Å². The van der Waals surface area contributed by atoms with Crippen LogP contribution in [-0.2, 0) is 21.9 Å². The topological polar surface area (TPSA) is 115 Å². The van der Waals surface area contributed by atoms with Crippen LogP contribution in [0.15, 0.2) is 50.5 Å². The molecule has 9 nitrogen and oxygen atoms in total. The summed E-state index contributed by atoms with van der Waals surface area (Å²) in [7, 11) is -2.29. The van der Waals surface area contributed by atoms with Crippen LogP contribution in [0.2, 0.25) is 0 Å². The number of sulfonamides is 1. The molecule has 0 spiro atoms. The number of rotatable bonds is 4. The van der Waals surface area contributed by atoms with Crippen molar-refractivity contribution in [2.24, 2.45) is 13.0 Å². The summed E-state index contributed by atoms with van der Waals surface area (Å²) in [5.74, 6) is -1.28. The van der Waals surface area contributed by atoms with Gasteiger partial charge in [-0.2, -0.15) is 4.31 Å². The number of piperidine rings is 1. The Labute approximate surface area is 193 Å². The summed E-state index contributed by atoms with van der Waals surface area (Å²) in [6.07, 6.45) is 1.16. The molecule has 0 unspecified atom stereocenters. The number of aryl methyl sites for hydroxylation is 2. The average molecular weight is 487 g/mol. The van der Waals surface area contributed by atoms with Gasteiger partial charge in [0.15, 0.2) is 10.7 Å². The molecule has 3 heterocycles. The molecule has 2 aromatic heterocycles. The van der Waals surface area contributed by atoms with Gasteiger partial charge in [-0.1, -0.05) is 17.4 Å². The van der Waals surface area contributed by atoms with Crippen molar-refractivity contribution in [2.45, 2.75) is 24.7 Å². The summed E-state index contributed by atoms with van der Waals surface area (Å²) in [4.78, 5) is 29.1. The zero-order valence-corrected chi connectivity index (χ0v) is 19.7. The van der Waals surface area contributed by atoms with Gasteiger partial charge < -0.3 is 9.73 Å². The van der Waals surface area contributed by atoms with Gasteiger partial charge in [-0.3, -0.25) is 9.36 Å². The lowest BCUT2D eigenvalue weighted by Gasteiger charge is -2.31. The molecule has 0 bridgehead atoms. The maximum absolute atomic E-state index is 13.3. The fourth-order valence-electron chi connectivity index (χ4n) is 4.09. The summed E-state index contributed by atoms with van der Waals surface area (Å²) in [5, 5.41) is 3.36. The number of carbonyl (C=O) groups excluding carboxylic acids is 1. The molecule has 11 heteroatoms. The number of benzene rings is 2. The standard InChI is InChI=1S/C22H22N4O5S2/c1-13-5-7-16-19(10-13)32-21(23-16)24-20(27)14-4-3-9-26(12-14)33(29,30)15-6-8-17-18(11-15)31-22(28)25(17)2/h5-8,10-11,14H,3-4,9,12H2,1-2H3,(H,23,24,27)/t14-/m0/s1. The second-order valence-corrected chi connectivity index (χ2v) is 11.2. The molecule has 33 heavy (non-hydrogen) atoms. The third-order valence-electron chi connectivity index (χ3n) is 5.93. The second-order valence-electron chi connectivity index (χ2n) is 8.24. The van der Waals surface area contributed by atoms with E-state index in [1.54, 1.807) is 13.1 Å². The Hall–Kier alpha value is -3.02. The van der Waals surface area contributed by atoms with Gasteiger partial charge in [-0.15, -0.1) is 0 Å². The Morgan fingerprint density at radius 2 is 2.06 bits per heavy atom. The number of aromatic nitrogens is 2. The predicted octanol–water partition coefficient (Wildman–Crippen LogP) is 3.09. The Morgan fingerprint density at radius 1 is 1.24 bits per heavy atom. The molecule has 1 atom stereocenters. The fraction of sp³-hybridized carbons (Fsp3) is 0.318. The van der Waals surface area contributed by atoms with E-state index in [1.165, 1.54) is 32.3 Å². The quantitative estimate of drug-likeness (QED) is 0.474. The number of anilines is 1. The van der Waals surface area contributed by atoms with Crippen LogP contribution in [0.4, 0.5) is 5.13 Å². The van der Waals surface area contributed by atoms with Crippen LogP contribution >= 0.6 is 11.3 Å². The molecule has 172 valence electrons. The number of oxazole rings is 1. The van der Waals surface area contributed by atoms with Crippen molar-refractivity contribution < 1.29 is 17.6 Å². The molecule has 1 amide bonds. The van der Waals surface area contributed by atoms with Crippen LogP contribution in [0.3, 0.4) is 0 Å². The number of amides is 1. The maximum atomic E-state index is 13.3. The van der Waals surface area contributed by atoms with Crippen LogP contribution < -0.4 is 11.1 Å². The Bertz CT molecular complexity index is 1550. The SMILES string of the molecule is Cc1ccc2nc(NC(=O)[C@H]3CCCN(S(=O)(=O)c4ccc5c(c4)oc(=O)n5C)C3)sc2c1. The molecule has 1 aliphatic rings. The van der Waals surface area contributed by atoms with Crippen LogP contribution in [-0.4, -0.2) is 41.3 Å². The minimum Gasteiger partial charge on any atom is -0.408 e. The first-order valence-electron chi connectivity index (χ1n) is 10.5. The number of nitrogens with one attached hydrogen (secondary N) is 1. The highest BCUT2D eigenvalue weighted by Gasteiger charge is 2.34. The van der Waals surface area contributed by atoms with Gasteiger partial charge in [0, 0.05) is 26.2 Å². The van der Waals surface area contributed by atoms with Crippen molar-refractivity contribution >= 4 is 53.7 Å². The Morgan fingerprint density at radius 3 is 2.88 bits per heavy atom. The lowest BCUT2D eigenvalue weighted by atomic mass is 9.99. The molecule has 5 rings (SSSR count). The molecule has 0 aliphatic carbocycles. The van der Waals surface area contributed by atoms with Crippen molar-refractivity contribution in [2.75, 3.05) is 18.4 Å². The lowest BCUT2D eigenvalue weighted by molar-refractivity contribution is -0.120. The largest absolute Gasteiger partial charge is 0.419 e. The monoisotopic (exact) mass is 486 g/mol. The fourth-order valence-corrected chi connectivity index (χ4v) is 6.60. The van der Waals surface area contributed by atoms with Crippen molar-refractivity contribution in [3.8, 4) is 0 Å². The Kier molecular flexibility index (Phi) is 5.34. The molecule has 1 fully saturated rings. The number of nitrogens with zero attached hydrogens (tertiary/aromatic N) is 3. The summed E-state index contributed by atoms with van der Waals surface area (Å²) in [6.45, 7) is 2.40. The maximum Gasteiger partial charge on any atom is 0.419 e. The summed E-state index contributed by atoms with van der Waals surface area (Å²) in [5.41, 5.74) is 2.66. The lowest BCUT2D eigenvalue weighted by Crippen LogP contribution is -2.43. The van der Waals surface area contributed by atoms with E-state index in [4.69, 9.17) is 4.42 Å². The highest BCUT2D eigenvalue weighted by Crippen LogP contribution is 2.29. The molecule has 1 saturated heterocycles. The van der Waals surface area contributed by atoms with E-state index in [0.717, 1.165) is 15.8 Å². The smallest absolute Gasteiger partial charge is 0.408 e. The van der Waals surface area contributed by atoms with E-state index >= 15 is 0 Å². The van der Waals surface area contributed by atoms with Gasteiger partial charge in [-0.25, -0.2) is 18.2 Å². The van der Waals surface area contributed by atoms with Crippen LogP contribution in [0, 0.1) is 12.8 Å². The number of hydrogen-bond donors (Lipinski definition) is 1. The summed E-state index contributed by atoms with van der Waals surface area (Å²) in [6, 6.07) is 10.3. The normalized spacial score (nSPS) is 17.6. The van der Waals surface area contributed by atoms with Crippen LogP contribution in [0.5, 0.6) is 0 Å². The van der Waals surface area contributed by atoms with Crippen molar-refractivity contribution in [3.63, 3.8) is 0 Å². The van der Waals surface area contributed by atoms with E-state index in [1.807, 2.05) is 25.1 Å². The van der Waals surface area contributed by atoms with E-state index in [0.29, 0.717) is 30.0 Å². The van der Waals surface area contributed by atoms with Gasteiger partial charge in [0.2, 0.25) is 15.9 Å². The van der Waals surface area contributed by atoms with Crippen LogP contribution in [0.25, 0.3) is 21.3 Å². The van der Waals surface area contributed by atoms with Crippen LogP contribution in [0.1, 0.15) is 18.4 Å². The van der Waals surface area contributed by atoms with E-state index in [2.05, 4.69) is 10.3 Å². The minimum absolute atomic E-state index is 0.0342. The molecule has 0 saturated carbocycles. The minimum atomic E-state index is -3.85. The van der Waals surface area contributed by atoms with Crippen molar-refractivity contribution in [3.05, 3.63) is 52.5 Å². The molecular formula is C22H22N4O5S2. The van der Waals surface area contributed by atoms with Gasteiger partial charge in [-0.05, 0) is 49.6 Å². The third-order valence-corrected chi connectivity index (χ3v) is 8.73. The number of fused-ring (bicyclic) bond motifs is 2. The zero-order chi connectivity index (χ0) is 23.3. The van der Waals surface area contributed by atoms with E-state index in [-0.39, 0.29) is 22.9 Å². The molecule has 4 aromatic rings. The van der Waals surface area contributed by atoms with Gasteiger partial charge >= 0.3 is 5.76 Å². The average Bonchev–Trinajstić information content (AvgIpc) is 3.32. The number of hydrogen-bond acceptors (Lipinski definition) is 7. The number of carbonyl (C=O) groups is 1. The summed E-state index contributed by atoms with van der Waals surface area (Å²) < 4.78 is 35.3. The Balaban J connectivity index is 1.34. The molecular weight excluding hydrogens is 464 g/mol. The molecule has 1 N–H and O–H groups in total. The highest BCUT2D eigenvalue weighted by atomic mass is 32.2.